The number of fused-ring (bicyclic) bond motifs is 4. The van der Waals surface area contributed by atoms with Crippen molar-refractivity contribution in [2.24, 2.45) is 0 Å². The maximum atomic E-state index is 6.83. The zero-order chi connectivity index (χ0) is 25.8. The molecule has 2 aromatic carbocycles. The van der Waals surface area contributed by atoms with Gasteiger partial charge in [-0.25, -0.2) is 9.97 Å². The molecule has 0 unspecified atom stereocenters. The van der Waals surface area contributed by atoms with E-state index in [1.54, 1.807) is 18.6 Å². The summed E-state index contributed by atoms with van der Waals surface area (Å²) in [7, 11) is 0. The fourth-order valence-corrected chi connectivity index (χ4v) is 5.57. The van der Waals surface area contributed by atoms with Crippen LogP contribution in [0.25, 0.3) is 38.8 Å². The minimum Gasteiger partial charge on any atom is -0.378 e. The number of aromatic nitrogens is 7. The molecule has 190 valence electrons. The van der Waals surface area contributed by atoms with Gasteiger partial charge in [0.05, 0.1) is 34.3 Å². The van der Waals surface area contributed by atoms with Gasteiger partial charge in [0.15, 0.2) is 11.3 Å². The number of anilines is 3. The van der Waals surface area contributed by atoms with Gasteiger partial charge >= 0.3 is 0 Å². The Morgan fingerprint density at radius 3 is 2.66 bits per heavy atom. The molecule has 0 bridgehead atoms. The first-order valence-corrected chi connectivity index (χ1v) is 12.8. The fourth-order valence-electron chi connectivity index (χ4n) is 4.87. The third-order valence-electron chi connectivity index (χ3n) is 6.67. The number of ether oxygens (including phenoxy) is 1. The lowest BCUT2D eigenvalue weighted by molar-refractivity contribution is 0.122. The second kappa shape index (κ2) is 9.09. The standard InChI is InChI=1S/C26H21Cl2N9O/c1-14-31-20-11-19(27)21(22(28)23(20)32-14)18-10-15-12-29-26(34-24(15)37-13-30-35-25(18)37)33-16-2-4-17(5-3-16)36-6-8-38-9-7-36/h2-5,10-13H,6-9H2,1H3,(H,31,32)(H,29,33,34). The highest BCUT2D eigenvalue weighted by molar-refractivity contribution is 6.43. The van der Waals surface area contributed by atoms with E-state index in [0.717, 1.165) is 60.0 Å². The summed E-state index contributed by atoms with van der Waals surface area (Å²) in [6.07, 6.45) is 3.38. The Morgan fingerprint density at radius 1 is 1.03 bits per heavy atom. The van der Waals surface area contributed by atoms with Crippen molar-refractivity contribution in [3.05, 3.63) is 64.8 Å². The molecule has 1 aliphatic rings. The quantitative estimate of drug-likeness (QED) is 0.302. The van der Waals surface area contributed by atoms with Gasteiger partial charge in [-0.05, 0) is 43.3 Å². The molecule has 2 N–H and O–H groups in total. The van der Waals surface area contributed by atoms with E-state index in [1.807, 2.05) is 29.5 Å². The van der Waals surface area contributed by atoms with Crippen molar-refractivity contribution in [1.29, 1.82) is 0 Å². The van der Waals surface area contributed by atoms with Gasteiger partial charge in [0, 0.05) is 47.2 Å². The minimum atomic E-state index is 0.463. The predicted octanol–water partition coefficient (Wildman–Crippen LogP) is 5.41. The number of nitrogens with one attached hydrogen (secondary N) is 2. The summed E-state index contributed by atoms with van der Waals surface area (Å²) >= 11 is 13.5. The van der Waals surface area contributed by atoms with Gasteiger partial charge in [-0.2, -0.15) is 4.98 Å². The van der Waals surface area contributed by atoms with E-state index in [1.165, 1.54) is 0 Å². The number of halogens is 2. The predicted molar refractivity (Wildman–Crippen MR) is 149 cm³/mol. The Morgan fingerprint density at radius 2 is 1.84 bits per heavy atom. The third kappa shape index (κ3) is 3.89. The number of imidazole rings is 1. The first kappa shape index (κ1) is 23.2. The number of aromatic amines is 1. The summed E-state index contributed by atoms with van der Waals surface area (Å²) in [6, 6.07) is 11.9. The largest absolute Gasteiger partial charge is 0.378 e. The highest BCUT2D eigenvalue weighted by Gasteiger charge is 2.21. The molecular weight excluding hydrogens is 525 g/mol. The van der Waals surface area contributed by atoms with Crippen LogP contribution < -0.4 is 10.2 Å². The number of H-pyrrole nitrogens is 1. The lowest BCUT2D eigenvalue weighted by Crippen LogP contribution is -2.36. The maximum absolute atomic E-state index is 6.83. The number of benzene rings is 2. The van der Waals surface area contributed by atoms with Crippen LogP contribution in [0.2, 0.25) is 10.0 Å². The summed E-state index contributed by atoms with van der Waals surface area (Å²) < 4.78 is 7.26. The first-order valence-electron chi connectivity index (χ1n) is 12.1. The SMILES string of the molecule is Cc1nc2cc(Cl)c(-c3cc4cnc(Nc5ccc(N6CCOCC6)cc5)nc4n4cnnc34)c(Cl)c2[nH]1. The van der Waals surface area contributed by atoms with E-state index >= 15 is 0 Å². The second-order valence-electron chi connectivity index (χ2n) is 9.09. The maximum Gasteiger partial charge on any atom is 0.229 e. The van der Waals surface area contributed by atoms with Gasteiger partial charge < -0.3 is 19.9 Å². The third-order valence-corrected chi connectivity index (χ3v) is 7.35. The summed E-state index contributed by atoms with van der Waals surface area (Å²) in [5.74, 6) is 1.22. The molecule has 0 radical (unpaired) electrons. The molecule has 7 rings (SSSR count). The number of nitrogens with zero attached hydrogens (tertiary/aromatic N) is 7. The lowest BCUT2D eigenvalue weighted by atomic mass is 10.0. The van der Waals surface area contributed by atoms with Crippen LogP contribution in [0.4, 0.5) is 17.3 Å². The molecule has 1 fully saturated rings. The van der Waals surface area contributed by atoms with Crippen LogP contribution in [-0.4, -0.2) is 60.8 Å². The monoisotopic (exact) mass is 545 g/mol. The normalized spacial score (nSPS) is 14.1. The number of morpholine rings is 1. The number of pyridine rings is 1. The topological polar surface area (TPSA) is 109 Å². The zero-order valence-corrected chi connectivity index (χ0v) is 21.8. The van der Waals surface area contributed by atoms with Crippen LogP contribution in [0.15, 0.2) is 48.9 Å². The zero-order valence-electron chi connectivity index (χ0n) is 20.2. The highest BCUT2D eigenvalue weighted by Crippen LogP contribution is 2.41. The van der Waals surface area contributed by atoms with Gasteiger partial charge in [0.2, 0.25) is 5.95 Å². The average molecular weight is 546 g/mol. The summed E-state index contributed by atoms with van der Waals surface area (Å²) in [4.78, 5) is 19.3. The Balaban J connectivity index is 1.27. The molecule has 0 atom stereocenters. The molecule has 6 aromatic rings. The number of hydrogen-bond donors (Lipinski definition) is 2. The fraction of sp³-hybridized carbons (Fsp3) is 0.192. The first-order chi connectivity index (χ1) is 18.5. The molecule has 0 amide bonds. The van der Waals surface area contributed by atoms with Crippen LogP contribution in [0, 0.1) is 6.92 Å². The van der Waals surface area contributed by atoms with Crippen LogP contribution in [0.5, 0.6) is 0 Å². The van der Waals surface area contributed by atoms with Gasteiger partial charge in [-0.1, -0.05) is 23.2 Å². The summed E-state index contributed by atoms with van der Waals surface area (Å²) in [5.41, 5.74) is 6.08. The smallest absolute Gasteiger partial charge is 0.229 e. The van der Waals surface area contributed by atoms with E-state index in [4.69, 9.17) is 32.9 Å². The molecule has 1 saturated heterocycles. The van der Waals surface area contributed by atoms with Crippen LogP contribution in [-0.2, 0) is 4.74 Å². The average Bonchev–Trinajstić information content (AvgIpc) is 3.57. The molecule has 5 heterocycles. The molecule has 38 heavy (non-hydrogen) atoms. The number of rotatable bonds is 4. The summed E-state index contributed by atoms with van der Waals surface area (Å²) in [5, 5.41) is 13.5. The van der Waals surface area contributed by atoms with Gasteiger partial charge in [0.25, 0.3) is 0 Å². The Hall–Kier alpha value is -3.99. The van der Waals surface area contributed by atoms with E-state index in [2.05, 4.69) is 47.5 Å². The Labute approximate surface area is 226 Å². The minimum absolute atomic E-state index is 0.463. The van der Waals surface area contributed by atoms with Crippen LogP contribution >= 0.6 is 23.2 Å². The van der Waals surface area contributed by atoms with Crippen molar-refractivity contribution >= 4 is 68.2 Å². The van der Waals surface area contributed by atoms with Crippen LogP contribution in [0.3, 0.4) is 0 Å². The van der Waals surface area contributed by atoms with E-state index < -0.39 is 0 Å². The number of aryl methyl sites for hydroxylation is 1. The molecule has 4 aromatic heterocycles. The van der Waals surface area contributed by atoms with Crippen LogP contribution in [0.1, 0.15) is 5.82 Å². The highest BCUT2D eigenvalue weighted by atomic mass is 35.5. The van der Waals surface area contributed by atoms with Crippen molar-refractivity contribution in [3.63, 3.8) is 0 Å². The molecule has 0 saturated carbocycles. The molecule has 12 heteroatoms. The van der Waals surface area contributed by atoms with Crippen molar-refractivity contribution in [3.8, 4) is 11.1 Å². The molecule has 10 nitrogen and oxygen atoms in total. The van der Waals surface area contributed by atoms with E-state index in [-0.39, 0.29) is 0 Å². The van der Waals surface area contributed by atoms with Gasteiger partial charge in [0.1, 0.15) is 12.2 Å². The summed E-state index contributed by atoms with van der Waals surface area (Å²) in [6.45, 7) is 5.16. The van der Waals surface area contributed by atoms with Crippen molar-refractivity contribution in [2.75, 3.05) is 36.5 Å². The molecule has 0 spiro atoms. The van der Waals surface area contributed by atoms with Crippen molar-refractivity contribution in [2.45, 2.75) is 6.92 Å². The molecule has 1 aliphatic heterocycles. The van der Waals surface area contributed by atoms with E-state index in [0.29, 0.717) is 38.4 Å². The molecule has 0 aliphatic carbocycles. The second-order valence-corrected chi connectivity index (χ2v) is 9.88. The van der Waals surface area contributed by atoms with Crippen molar-refractivity contribution in [1.82, 2.24) is 34.5 Å². The van der Waals surface area contributed by atoms with Crippen molar-refractivity contribution < 1.29 is 4.74 Å². The Bertz CT molecular complexity index is 1820. The molecular formula is C26H21Cl2N9O. The number of hydrogen-bond acceptors (Lipinski definition) is 8. The van der Waals surface area contributed by atoms with Gasteiger partial charge in [-0.15, -0.1) is 10.2 Å². The lowest BCUT2D eigenvalue weighted by Gasteiger charge is -2.28. The Kier molecular flexibility index (Phi) is 5.54. The van der Waals surface area contributed by atoms with E-state index in [9.17, 15) is 0 Å². The van der Waals surface area contributed by atoms with Gasteiger partial charge in [-0.3, -0.25) is 4.40 Å².